The first-order valence-electron chi connectivity index (χ1n) is 7.06. The highest BCUT2D eigenvalue weighted by Crippen LogP contribution is 2.34. The molecule has 3 nitrogen and oxygen atoms in total. The van der Waals surface area contributed by atoms with Gasteiger partial charge in [-0.2, -0.15) is 0 Å². The van der Waals surface area contributed by atoms with Gasteiger partial charge in [0.25, 0.3) is 0 Å². The highest BCUT2D eigenvalue weighted by atomic mass is 35.5. The second kappa shape index (κ2) is 7.96. The van der Waals surface area contributed by atoms with Crippen molar-refractivity contribution >= 4 is 30.5 Å². The van der Waals surface area contributed by atoms with Gasteiger partial charge in [0.15, 0.2) is 0 Å². The van der Waals surface area contributed by atoms with Gasteiger partial charge in [0, 0.05) is 0 Å². The fourth-order valence-corrected chi connectivity index (χ4v) is 2.58. The second-order valence-electron chi connectivity index (χ2n) is 5.58. The standard InChI is InChI=1S/C15H22N2O.2ClH/c16-14-4-3-13(12-5-7-17-8-6-12)9-15(14)18-10-11-1-2-11;;/h3-4,9,11-12,17H,1-2,5-8,10,16H2;2*1H. The van der Waals surface area contributed by atoms with Crippen molar-refractivity contribution in [1.29, 1.82) is 0 Å². The quantitative estimate of drug-likeness (QED) is 0.837. The molecule has 1 saturated carbocycles. The number of piperidine rings is 1. The molecule has 2 aliphatic rings. The van der Waals surface area contributed by atoms with Crippen molar-refractivity contribution in [1.82, 2.24) is 5.32 Å². The molecule has 114 valence electrons. The monoisotopic (exact) mass is 318 g/mol. The Kier molecular flexibility index (Phi) is 6.93. The van der Waals surface area contributed by atoms with Crippen molar-refractivity contribution in [3.8, 4) is 5.75 Å². The van der Waals surface area contributed by atoms with Crippen LogP contribution in [-0.4, -0.2) is 19.7 Å². The number of benzene rings is 1. The summed E-state index contributed by atoms with van der Waals surface area (Å²) in [7, 11) is 0. The maximum Gasteiger partial charge on any atom is 0.142 e. The first-order valence-corrected chi connectivity index (χ1v) is 7.06. The molecule has 0 amide bonds. The number of hydrogen-bond donors (Lipinski definition) is 2. The first kappa shape index (κ1) is 17.4. The van der Waals surface area contributed by atoms with E-state index in [2.05, 4.69) is 17.4 Å². The predicted molar refractivity (Wildman–Crippen MR) is 88.4 cm³/mol. The topological polar surface area (TPSA) is 47.3 Å². The first-order chi connectivity index (χ1) is 8.83. The fourth-order valence-electron chi connectivity index (χ4n) is 2.58. The van der Waals surface area contributed by atoms with Crippen LogP contribution in [0.4, 0.5) is 5.69 Å². The molecule has 0 aromatic heterocycles. The molecule has 0 bridgehead atoms. The minimum absolute atomic E-state index is 0. The van der Waals surface area contributed by atoms with Crippen LogP contribution < -0.4 is 15.8 Å². The van der Waals surface area contributed by atoms with Crippen molar-refractivity contribution in [3.63, 3.8) is 0 Å². The van der Waals surface area contributed by atoms with Crippen LogP contribution in [0.2, 0.25) is 0 Å². The molecule has 0 atom stereocenters. The molecule has 0 radical (unpaired) electrons. The van der Waals surface area contributed by atoms with Crippen molar-refractivity contribution in [2.45, 2.75) is 31.6 Å². The Bertz CT molecular complexity index is 418. The lowest BCUT2D eigenvalue weighted by Crippen LogP contribution is -2.26. The van der Waals surface area contributed by atoms with Gasteiger partial charge in [0.05, 0.1) is 12.3 Å². The molecule has 1 aromatic rings. The average molecular weight is 319 g/mol. The normalized spacial score (nSPS) is 18.8. The lowest BCUT2D eigenvalue weighted by molar-refractivity contribution is 0.300. The van der Waals surface area contributed by atoms with Crippen LogP contribution in [0.3, 0.4) is 0 Å². The molecule has 5 heteroatoms. The van der Waals surface area contributed by atoms with Gasteiger partial charge in [-0.25, -0.2) is 0 Å². The van der Waals surface area contributed by atoms with E-state index in [0.717, 1.165) is 37.1 Å². The number of ether oxygens (including phenoxy) is 1. The highest BCUT2D eigenvalue weighted by Gasteiger charge is 2.22. The van der Waals surface area contributed by atoms with Crippen molar-refractivity contribution < 1.29 is 4.74 Å². The summed E-state index contributed by atoms with van der Waals surface area (Å²) in [5.74, 6) is 2.32. The second-order valence-corrected chi connectivity index (χ2v) is 5.58. The Morgan fingerprint density at radius 1 is 1.10 bits per heavy atom. The minimum Gasteiger partial charge on any atom is -0.491 e. The van der Waals surface area contributed by atoms with Crippen LogP contribution in [0.1, 0.15) is 37.2 Å². The van der Waals surface area contributed by atoms with Gasteiger partial charge in [-0.05, 0) is 68.3 Å². The molecular weight excluding hydrogens is 295 g/mol. The van der Waals surface area contributed by atoms with Crippen molar-refractivity contribution in [2.24, 2.45) is 5.92 Å². The Morgan fingerprint density at radius 2 is 1.80 bits per heavy atom. The third-order valence-corrected chi connectivity index (χ3v) is 4.02. The van der Waals surface area contributed by atoms with Crippen LogP contribution >= 0.6 is 24.8 Å². The van der Waals surface area contributed by atoms with E-state index in [1.165, 1.54) is 31.2 Å². The molecule has 0 unspecified atom stereocenters. The van der Waals surface area contributed by atoms with Gasteiger partial charge in [-0.1, -0.05) is 6.07 Å². The van der Waals surface area contributed by atoms with E-state index in [4.69, 9.17) is 10.5 Å². The van der Waals surface area contributed by atoms with Gasteiger partial charge < -0.3 is 15.8 Å². The number of nitrogen functional groups attached to an aromatic ring is 1. The SMILES string of the molecule is Cl.Cl.Nc1ccc(C2CCNCC2)cc1OCC1CC1. The zero-order chi connectivity index (χ0) is 12.4. The summed E-state index contributed by atoms with van der Waals surface area (Å²) in [6.07, 6.45) is 5.06. The smallest absolute Gasteiger partial charge is 0.142 e. The summed E-state index contributed by atoms with van der Waals surface area (Å²) < 4.78 is 5.85. The highest BCUT2D eigenvalue weighted by molar-refractivity contribution is 5.85. The van der Waals surface area contributed by atoms with Gasteiger partial charge >= 0.3 is 0 Å². The van der Waals surface area contributed by atoms with Crippen molar-refractivity contribution in [2.75, 3.05) is 25.4 Å². The summed E-state index contributed by atoms with van der Waals surface area (Å²) in [5, 5.41) is 3.40. The van der Waals surface area contributed by atoms with Crippen LogP contribution in [0.25, 0.3) is 0 Å². The summed E-state index contributed by atoms with van der Waals surface area (Å²) in [4.78, 5) is 0. The molecule has 20 heavy (non-hydrogen) atoms. The number of hydrogen-bond acceptors (Lipinski definition) is 3. The van der Waals surface area contributed by atoms with Crippen LogP contribution in [0.15, 0.2) is 18.2 Å². The maximum atomic E-state index is 5.99. The van der Waals surface area contributed by atoms with E-state index < -0.39 is 0 Å². The number of nitrogens with two attached hydrogens (primary N) is 1. The zero-order valence-corrected chi connectivity index (χ0v) is 13.3. The van der Waals surface area contributed by atoms with E-state index in [9.17, 15) is 0 Å². The maximum absolute atomic E-state index is 5.99. The van der Waals surface area contributed by atoms with Crippen LogP contribution in [0, 0.1) is 5.92 Å². The fraction of sp³-hybridized carbons (Fsp3) is 0.600. The summed E-state index contributed by atoms with van der Waals surface area (Å²) in [6, 6.07) is 6.32. The predicted octanol–water partition coefficient (Wildman–Crippen LogP) is 3.37. The molecule has 0 spiro atoms. The van der Waals surface area contributed by atoms with E-state index in [1.54, 1.807) is 0 Å². The number of anilines is 1. The number of halogens is 2. The van der Waals surface area contributed by atoms with Crippen molar-refractivity contribution in [3.05, 3.63) is 23.8 Å². The Balaban J connectivity index is 0.000001000. The van der Waals surface area contributed by atoms with Gasteiger partial charge in [0.2, 0.25) is 0 Å². The molecule has 1 aliphatic heterocycles. The lowest BCUT2D eigenvalue weighted by Gasteiger charge is -2.23. The van der Waals surface area contributed by atoms with Crippen LogP contribution in [-0.2, 0) is 0 Å². The number of nitrogens with one attached hydrogen (secondary N) is 1. The lowest BCUT2D eigenvalue weighted by atomic mass is 9.90. The van der Waals surface area contributed by atoms with E-state index >= 15 is 0 Å². The van der Waals surface area contributed by atoms with E-state index in [1.807, 2.05) is 6.07 Å². The minimum atomic E-state index is 0. The molecule has 3 rings (SSSR count). The number of rotatable bonds is 4. The third kappa shape index (κ3) is 4.44. The van der Waals surface area contributed by atoms with Gasteiger partial charge in [-0.15, -0.1) is 24.8 Å². The molecule has 1 heterocycles. The molecule has 2 fully saturated rings. The Morgan fingerprint density at radius 3 is 2.45 bits per heavy atom. The average Bonchev–Trinajstić information content (AvgIpc) is 3.23. The van der Waals surface area contributed by atoms with Gasteiger partial charge in [0.1, 0.15) is 5.75 Å². The molecule has 1 aromatic carbocycles. The summed E-state index contributed by atoms with van der Waals surface area (Å²) in [6.45, 7) is 3.07. The van der Waals surface area contributed by atoms with Gasteiger partial charge in [-0.3, -0.25) is 0 Å². The zero-order valence-electron chi connectivity index (χ0n) is 11.6. The molecule has 1 saturated heterocycles. The third-order valence-electron chi connectivity index (χ3n) is 4.02. The van der Waals surface area contributed by atoms with E-state index in [-0.39, 0.29) is 24.8 Å². The summed E-state index contributed by atoms with van der Waals surface area (Å²) >= 11 is 0. The Hall–Kier alpha value is -0.640. The van der Waals surface area contributed by atoms with E-state index in [0.29, 0.717) is 5.92 Å². The Labute approximate surface area is 133 Å². The largest absolute Gasteiger partial charge is 0.491 e. The molecule has 1 aliphatic carbocycles. The molecular formula is C15H24Cl2N2O. The van der Waals surface area contributed by atoms with Crippen LogP contribution in [0.5, 0.6) is 5.75 Å². The summed E-state index contributed by atoms with van der Waals surface area (Å²) in [5.41, 5.74) is 8.15. The molecule has 3 N–H and O–H groups in total.